The van der Waals surface area contributed by atoms with Crippen LogP contribution in [0.4, 0.5) is 20.2 Å². The minimum absolute atomic E-state index is 0.168. The van der Waals surface area contributed by atoms with Gasteiger partial charge in [0.2, 0.25) is 5.82 Å². The Morgan fingerprint density at radius 1 is 1.44 bits per heavy atom. The summed E-state index contributed by atoms with van der Waals surface area (Å²) >= 11 is 1.33. The molecule has 0 fully saturated rings. The van der Waals surface area contributed by atoms with E-state index in [1.165, 1.54) is 11.3 Å². The Morgan fingerprint density at radius 2 is 2.22 bits per heavy atom. The number of hydrogen-bond donors (Lipinski definition) is 1. The van der Waals surface area contributed by atoms with Gasteiger partial charge in [-0.3, -0.25) is 10.1 Å². The summed E-state index contributed by atoms with van der Waals surface area (Å²) in [6, 6.07) is 1.36. The number of nitrogens with zero attached hydrogens (tertiary/aromatic N) is 2. The molecule has 1 heterocycles. The van der Waals surface area contributed by atoms with Gasteiger partial charge in [-0.15, -0.1) is 11.3 Å². The number of benzene rings is 1. The van der Waals surface area contributed by atoms with E-state index in [9.17, 15) is 18.9 Å². The molecule has 0 spiro atoms. The van der Waals surface area contributed by atoms with Crippen molar-refractivity contribution >= 4 is 22.7 Å². The maximum absolute atomic E-state index is 13.3. The number of hydrogen-bond acceptors (Lipinski definition) is 5. The van der Waals surface area contributed by atoms with Crippen molar-refractivity contribution in [3.8, 4) is 0 Å². The second kappa shape index (κ2) is 5.05. The fraction of sp³-hybridized carbons (Fsp3) is 0.100. The number of anilines is 1. The molecule has 8 heteroatoms. The van der Waals surface area contributed by atoms with Gasteiger partial charge in [-0.25, -0.2) is 9.37 Å². The summed E-state index contributed by atoms with van der Waals surface area (Å²) in [7, 11) is 0. The SMILES string of the molecule is O=[N+]([O-])c1c(F)cc(F)cc1NCc1nccs1. The number of halogens is 2. The second-order valence-electron chi connectivity index (χ2n) is 3.32. The summed E-state index contributed by atoms with van der Waals surface area (Å²) in [6.07, 6.45) is 1.57. The van der Waals surface area contributed by atoms with Crippen molar-refractivity contribution in [1.82, 2.24) is 4.98 Å². The summed E-state index contributed by atoms with van der Waals surface area (Å²) in [5, 5.41) is 15.7. The molecule has 0 aliphatic rings. The van der Waals surface area contributed by atoms with Crippen LogP contribution in [0.1, 0.15) is 5.01 Å². The van der Waals surface area contributed by atoms with E-state index in [4.69, 9.17) is 0 Å². The van der Waals surface area contributed by atoms with Crippen LogP contribution in [0.2, 0.25) is 0 Å². The fourth-order valence-corrected chi connectivity index (χ4v) is 1.95. The topological polar surface area (TPSA) is 68.1 Å². The van der Waals surface area contributed by atoms with Crippen LogP contribution in [0, 0.1) is 21.7 Å². The lowest BCUT2D eigenvalue weighted by Crippen LogP contribution is -2.04. The Bertz CT molecular complexity index is 575. The van der Waals surface area contributed by atoms with E-state index in [1.807, 2.05) is 0 Å². The molecule has 0 saturated heterocycles. The highest BCUT2D eigenvalue weighted by atomic mass is 32.1. The van der Waals surface area contributed by atoms with Crippen LogP contribution in [0.3, 0.4) is 0 Å². The van der Waals surface area contributed by atoms with Gasteiger partial charge >= 0.3 is 5.69 Å². The molecule has 0 unspecified atom stereocenters. The molecule has 1 aromatic heterocycles. The van der Waals surface area contributed by atoms with Crippen LogP contribution in [-0.2, 0) is 6.54 Å². The Morgan fingerprint density at radius 3 is 2.83 bits per heavy atom. The minimum Gasteiger partial charge on any atom is -0.373 e. The average Bonchev–Trinajstić information content (AvgIpc) is 2.77. The van der Waals surface area contributed by atoms with Crippen LogP contribution in [0.25, 0.3) is 0 Å². The maximum Gasteiger partial charge on any atom is 0.327 e. The highest BCUT2D eigenvalue weighted by molar-refractivity contribution is 7.09. The van der Waals surface area contributed by atoms with Crippen molar-refractivity contribution in [2.45, 2.75) is 6.54 Å². The predicted octanol–water partition coefficient (Wildman–Crippen LogP) is 2.94. The zero-order chi connectivity index (χ0) is 13.1. The fourth-order valence-electron chi connectivity index (χ4n) is 1.40. The molecule has 5 nitrogen and oxygen atoms in total. The Balaban J connectivity index is 2.28. The number of nitro groups is 1. The van der Waals surface area contributed by atoms with Gasteiger partial charge in [-0.2, -0.15) is 4.39 Å². The first kappa shape index (κ1) is 12.4. The third-order valence-corrected chi connectivity index (χ3v) is 2.90. The minimum atomic E-state index is -1.21. The molecule has 18 heavy (non-hydrogen) atoms. The van der Waals surface area contributed by atoms with E-state index in [0.717, 1.165) is 6.07 Å². The number of nitro benzene ring substituents is 1. The lowest BCUT2D eigenvalue weighted by atomic mass is 10.2. The highest BCUT2D eigenvalue weighted by Crippen LogP contribution is 2.29. The van der Waals surface area contributed by atoms with E-state index < -0.39 is 22.2 Å². The van der Waals surface area contributed by atoms with Crippen molar-refractivity contribution in [3.05, 3.63) is 50.5 Å². The molecule has 94 valence electrons. The molecule has 0 atom stereocenters. The summed E-state index contributed by atoms with van der Waals surface area (Å²) < 4.78 is 26.3. The second-order valence-corrected chi connectivity index (χ2v) is 4.30. The number of nitrogens with one attached hydrogen (secondary N) is 1. The van der Waals surface area contributed by atoms with Gasteiger partial charge in [0.1, 0.15) is 16.5 Å². The summed E-state index contributed by atoms with van der Waals surface area (Å²) in [5.74, 6) is -2.08. The largest absolute Gasteiger partial charge is 0.373 e. The molecule has 2 aromatic rings. The monoisotopic (exact) mass is 271 g/mol. The van der Waals surface area contributed by atoms with E-state index in [2.05, 4.69) is 10.3 Å². The van der Waals surface area contributed by atoms with E-state index >= 15 is 0 Å². The van der Waals surface area contributed by atoms with Crippen LogP contribution in [0.5, 0.6) is 0 Å². The van der Waals surface area contributed by atoms with Crippen molar-refractivity contribution in [1.29, 1.82) is 0 Å². The van der Waals surface area contributed by atoms with Crippen molar-refractivity contribution < 1.29 is 13.7 Å². The van der Waals surface area contributed by atoms with Gasteiger partial charge in [0.05, 0.1) is 11.5 Å². The van der Waals surface area contributed by atoms with Gasteiger partial charge in [0.15, 0.2) is 0 Å². The van der Waals surface area contributed by atoms with Gasteiger partial charge in [0.25, 0.3) is 0 Å². The lowest BCUT2D eigenvalue weighted by molar-refractivity contribution is -0.386. The van der Waals surface area contributed by atoms with E-state index in [0.29, 0.717) is 11.1 Å². The van der Waals surface area contributed by atoms with Crippen LogP contribution in [-0.4, -0.2) is 9.91 Å². The summed E-state index contributed by atoms with van der Waals surface area (Å²) in [6.45, 7) is 0.168. The molecular weight excluding hydrogens is 264 g/mol. The van der Waals surface area contributed by atoms with E-state index in [1.54, 1.807) is 11.6 Å². The zero-order valence-corrected chi connectivity index (χ0v) is 9.71. The molecule has 0 aliphatic carbocycles. The predicted molar refractivity (Wildman–Crippen MR) is 62.5 cm³/mol. The number of rotatable bonds is 4. The van der Waals surface area contributed by atoms with Gasteiger partial charge in [-0.1, -0.05) is 0 Å². The molecule has 2 rings (SSSR count). The van der Waals surface area contributed by atoms with Crippen molar-refractivity contribution in [3.63, 3.8) is 0 Å². The first-order valence-corrected chi connectivity index (χ1v) is 5.71. The van der Waals surface area contributed by atoms with Gasteiger partial charge < -0.3 is 5.32 Å². The highest BCUT2D eigenvalue weighted by Gasteiger charge is 2.21. The molecular formula is C10H7F2N3O2S. The van der Waals surface area contributed by atoms with Crippen molar-refractivity contribution in [2.75, 3.05) is 5.32 Å². The number of thiazole rings is 1. The molecule has 1 N–H and O–H groups in total. The first-order valence-electron chi connectivity index (χ1n) is 4.83. The molecule has 0 amide bonds. The zero-order valence-electron chi connectivity index (χ0n) is 8.89. The first-order chi connectivity index (χ1) is 8.58. The summed E-state index contributed by atoms with van der Waals surface area (Å²) in [4.78, 5) is 13.8. The molecule has 0 radical (unpaired) electrons. The maximum atomic E-state index is 13.3. The van der Waals surface area contributed by atoms with Gasteiger partial charge in [0, 0.05) is 23.7 Å². The third kappa shape index (κ3) is 2.59. The van der Waals surface area contributed by atoms with Gasteiger partial charge in [-0.05, 0) is 0 Å². The Kier molecular flexibility index (Phi) is 3.47. The smallest absolute Gasteiger partial charge is 0.327 e. The van der Waals surface area contributed by atoms with Crippen molar-refractivity contribution in [2.24, 2.45) is 0 Å². The molecule has 0 bridgehead atoms. The molecule has 0 saturated carbocycles. The Hall–Kier alpha value is -2.09. The van der Waals surface area contributed by atoms with E-state index in [-0.39, 0.29) is 12.2 Å². The van der Waals surface area contributed by atoms with Crippen LogP contribution < -0.4 is 5.32 Å². The third-order valence-electron chi connectivity index (χ3n) is 2.12. The van der Waals surface area contributed by atoms with Crippen LogP contribution >= 0.6 is 11.3 Å². The number of aromatic nitrogens is 1. The Labute approximate surface area is 104 Å². The lowest BCUT2D eigenvalue weighted by Gasteiger charge is -2.06. The molecule has 1 aromatic carbocycles. The average molecular weight is 271 g/mol. The summed E-state index contributed by atoms with van der Waals surface area (Å²) in [5.41, 5.74) is -0.972. The van der Waals surface area contributed by atoms with Crippen LogP contribution in [0.15, 0.2) is 23.7 Å². The quantitative estimate of drug-likeness (QED) is 0.685. The standard InChI is InChI=1S/C10H7F2N3O2S/c11-6-3-7(12)10(15(16)17)8(4-6)14-5-9-13-1-2-18-9/h1-4,14H,5H2. The normalized spacial score (nSPS) is 10.3. The molecule has 0 aliphatic heterocycles.